The number of amides is 1. The second-order valence-corrected chi connectivity index (χ2v) is 12.1. The summed E-state index contributed by atoms with van der Waals surface area (Å²) in [6.45, 7) is 7.90. The van der Waals surface area contributed by atoms with Gasteiger partial charge < -0.3 is 24.3 Å². The van der Waals surface area contributed by atoms with Crippen LogP contribution in [-0.4, -0.2) is 24.7 Å². The molecule has 1 N–H and O–H groups in total. The third-order valence-corrected chi connectivity index (χ3v) is 7.35. The van der Waals surface area contributed by atoms with Crippen LogP contribution < -0.4 is 19.5 Å². The van der Waals surface area contributed by atoms with Crippen molar-refractivity contribution >= 4 is 23.7 Å². The molecule has 1 heterocycles. The summed E-state index contributed by atoms with van der Waals surface area (Å²) in [5.41, 5.74) is 2.20. The van der Waals surface area contributed by atoms with Crippen LogP contribution >= 0.6 is 11.6 Å². The fourth-order valence-corrected chi connectivity index (χ4v) is 5.13. The molecule has 46 heavy (non-hydrogen) atoms. The zero-order chi connectivity index (χ0) is 33.3. The van der Waals surface area contributed by atoms with Crippen molar-refractivity contribution < 1.29 is 28.5 Å². The third kappa shape index (κ3) is 9.02. The molecular weight excluding hydrogens is 604 g/mol. The molecule has 1 aliphatic rings. The van der Waals surface area contributed by atoms with Gasteiger partial charge in [0.1, 0.15) is 23.2 Å². The summed E-state index contributed by atoms with van der Waals surface area (Å²) in [6, 6.07) is 31.1. The van der Waals surface area contributed by atoms with Crippen molar-refractivity contribution in [2.45, 2.75) is 51.7 Å². The summed E-state index contributed by atoms with van der Waals surface area (Å²) in [7, 11) is 1.52. The average molecular weight is 641 g/mol. The number of esters is 1. The number of benzene rings is 4. The maximum absolute atomic E-state index is 13.0. The molecule has 0 radical (unpaired) electrons. The maximum Gasteiger partial charge on any atom is 0.412 e. The van der Waals surface area contributed by atoms with Crippen LogP contribution in [0.5, 0.6) is 23.0 Å². The van der Waals surface area contributed by atoms with Crippen LogP contribution in [0.1, 0.15) is 56.4 Å². The zero-order valence-electron chi connectivity index (χ0n) is 26.5. The number of nitriles is 1. The monoisotopic (exact) mass is 640 g/mol. The average Bonchev–Trinajstić information content (AvgIpc) is 3.36. The van der Waals surface area contributed by atoms with Crippen LogP contribution in [0.25, 0.3) is 0 Å². The molecule has 2 unspecified atom stereocenters. The summed E-state index contributed by atoms with van der Waals surface area (Å²) < 4.78 is 22.3. The first kappa shape index (κ1) is 33.9. The van der Waals surface area contributed by atoms with Gasteiger partial charge in [0.15, 0.2) is 11.5 Å². The predicted octanol–water partition coefficient (Wildman–Crippen LogP) is 8.80. The van der Waals surface area contributed by atoms with E-state index in [0.29, 0.717) is 33.6 Å². The molecule has 0 aliphatic carbocycles. The Kier molecular flexibility index (Phi) is 11.3. The summed E-state index contributed by atoms with van der Waals surface area (Å²) in [6.07, 6.45) is -0.695. The largest absolute Gasteiger partial charge is 0.483 e. The molecular formula is C37H37ClN2O6. The Morgan fingerprint density at radius 1 is 0.913 bits per heavy atom. The minimum absolute atomic E-state index is 0.00855. The summed E-state index contributed by atoms with van der Waals surface area (Å²) in [5.74, 6) is 1.44. The Morgan fingerprint density at radius 3 is 2.24 bits per heavy atom. The van der Waals surface area contributed by atoms with Crippen molar-refractivity contribution in [2.75, 3.05) is 7.05 Å². The number of carbonyl (C=O) groups is 2. The number of fused-ring (bicyclic) bond motifs is 1. The molecule has 8 nitrogen and oxygen atoms in total. The minimum Gasteiger partial charge on any atom is -0.483 e. The second kappa shape index (κ2) is 15.3. The predicted molar refractivity (Wildman–Crippen MR) is 176 cm³/mol. The van der Waals surface area contributed by atoms with Crippen LogP contribution in [0.4, 0.5) is 4.79 Å². The lowest BCUT2D eigenvalue weighted by Gasteiger charge is -2.22. The Bertz CT molecular complexity index is 1680. The highest BCUT2D eigenvalue weighted by Crippen LogP contribution is 2.41. The SMILES string of the molecule is CC(C)C(C(=O)OC(C#N)c1cccc(Oc2ccccc2)c1)c1ccc(Cl)cc1.CNC(=O)Oc1cccc2c1OC(C)(C)C2. The second-order valence-electron chi connectivity index (χ2n) is 11.6. The topological polar surface area (TPSA) is 107 Å². The van der Waals surface area contributed by atoms with Crippen LogP contribution in [0.3, 0.4) is 0 Å². The van der Waals surface area contributed by atoms with E-state index in [1.807, 2.05) is 82.3 Å². The van der Waals surface area contributed by atoms with Crippen molar-refractivity contribution in [1.29, 1.82) is 5.26 Å². The highest BCUT2D eigenvalue weighted by Gasteiger charge is 2.33. The molecule has 4 aromatic rings. The van der Waals surface area contributed by atoms with E-state index in [0.717, 1.165) is 17.5 Å². The van der Waals surface area contributed by atoms with Gasteiger partial charge in [-0.2, -0.15) is 5.26 Å². The van der Waals surface area contributed by atoms with E-state index in [4.69, 9.17) is 30.5 Å². The van der Waals surface area contributed by atoms with Crippen LogP contribution in [0.2, 0.25) is 5.02 Å². The van der Waals surface area contributed by atoms with Gasteiger partial charge in [-0.05, 0) is 67.8 Å². The van der Waals surface area contributed by atoms with Crippen LogP contribution in [-0.2, 0) is 16.0 Å². The lowest BCUT2D eigenvalue weighted by Crippen LogP contribution is -2.25. The molecule has 1 amide bonds. The lowest BCUT2D eigenvalue weighted by molar-refractivity contribution is -0.150. The molecule has 1 aliphatic heterocycles. The molecule has 2 atom stereocenters. The normalized spacial score (nSPS) is 13.9. The quantitative estimate of drug-likeness (QED) is 0.192. The van der Waals surface area contributed by atoms with Gasteiger partial charge in [-0.1, -0.05) is 80.0 Å². The third-order valence-electron chi connectivity index (χ3n) is 7.10. The van der Waals surface area contributed by atoms with Gasteiger partial charge >= 0.3 is 12.1 Å². The first-order chi connectivity index (χ1) is 22.0. The fourth-order valence-electron chi connectivity index (χ4n) is 5.01. The zero-order valence-corrected chi connectivity index (χ0v) is 27.2. The molecule has 0 aromatic heterocycles. The van der Waals surface area contributed by atoms with Crippen LogP contribution in [0, 0.1) is 17.2 Å². The van der Waals surface area contributed by atoms with E-state index in [-0.39, 0.29) is 11.5 Å². The van der Waals surface area contributed by atoms with Crippen molar-refractivity contribution in [3.8, 4) is 29.1 Å². The van der Waals surface area contributed by atoms with E-state index in [9.17, 15) is 14.9 Å². The highest BCUT2D eigenvalue weighted by molar-refractivity contribution is 6.30. The standard InChI is InChI=1S/C25H22ClNO3.C12H15NO3/c1-17(2)24(18-11-13-20(26)14-12-18)25(28)30-23(16-27)19-7-6-10-22(15-19)29-21-8-4-3-5-9-21;1-12(2)7-8-5-4-6-9(10(8)16-12)15-11(14)13-3/h3-15,17,23-24H,1-2H3;4-6H,7H2,1-3H3,(H,13,14). The Hall–Kier alpha value is -5.00. The van der Waals surface area contributed by atoms with Crippen molar-refractivity contribution in [3.05, 3.63) is 119 Å². The van der Waals surface area contributed by atoms with Crippen molar-refractivity contribution in [1.82, 2.24) is 5.32 Å². The number of para-hydroxylation sites is 2. The highest BCUT2D eigenvalue weighted by atomic mass is 35.5. The molecule has 0 bridgehead atoms. The molecule has 0 spiro atoms. The maximum atomic E-state index is 13.0. The number of hydrogen-bond donors (Lipinski definition) is 1. The molecule has 5 rings (SSSR count). The first-order valence-electron chi connectivity index (χ1n) is 14.9. The lowest BCUT2D eigenvalue weighted by atomic mass is 9.88. The molecule has 4 aromatic carbocycles. The van der Waals surface area contributed by atoms with Crippen molar-refractivity contribution in [2.24, 2.45) is 5.92 Å². The van der Waals surface area contributed by atoms with Gasteiger partial charge in [0.2, 0.25) is 6.10 Å². The molecule has 238 valence electrons. The van der Waals surface area contributed by atoms with Crippen molar-refractivity contribution in [3.63, 3.8) is 0 Å². The molecule has 0 saturated heterocycles. The fraction of sp³-hybridized carbons (Fsp3) is 0.270. The number of rotatable bonds is 8. The number of hydrogen-bond acceptors (Lipinski definition) is 7. The van der Waals surface area contributed by atoms with Gasteiger partial charge in [-0.25, -0.2) is 4.79 Å². The number of ether oxygens (including phenoxy) is 4. The summed E-state index contributed by atoms with van der Waals surface area (Å²) in [5, 5.41) is 12.7. The van der Waals surface area contributed by atoms with Gasteiger partial charge in [0.25, 0.3) is 0 Å². The molecule has 9 heteroatoms. The van der Waals surface area contributed by atoms with Gasteiger partial charge in [-0.15, -0.1) is 0 Å². The van der Waals surface area contributed by atoms with E-state index < -0.39 is 24.1 Å². The Morgan fingerprint density at radius 2 is 1.59 bits per heavy atom. The molecule has 0 saturated carbocycles. The minimum atomic E-state index is -1.04. The van der Waals surface area contributed by atoms with E-state index in [1.54, 1.807) is 42.5 Å². The van der Waals surface area contributed by atoms with Gasteiger partial charge in [0.05, 0.1) is 5.92 Å². The van der Waals surface area contributed by atoms with E-state index in [1.165, 1.54) is 7.05 Å². The van der Waals surface area contributed by atoms with Gasteiger partial charge in [0, 0.05) is 29.6 Å². The Balaban J connectivity index is 0.000000252. The summed E-state index contributed by atoms with van der Waals surface area (Å²) >= 11 is 5.96. The first-order valence-corrected chi connectivity index (χ1v) is 15.3. The summed E-state index contributed by atoms with van der Waals surface area (Å²) in [4.78, 5) is 24.1. The van der Waals surface area contributed by atoms with E-state index >= 15 is 0 Å². The van der Waals surface area contributed by atoms with Gasteiger partial charge in [-0.3, -0.25) is 4.79 Å². The smallest absolute Gasteiger partial charge is 0.412 e. The van der Waals surface area contributed by atoms with Crippen LogP contribution in [0.15, 0.2) is 97.1 Å². The number of nitrogens with one attached hydrogen (secondary N) is 1. The number of halogens is 1. The number of nitrogens with zero attached hydrogens (tertiary/aromatic N) is 1. The molecule has 0 fully saturated rings. The number of carbonyl (C=O) groups excluding carboxylic acids is 2. The Labute approximate surface area is 274 Å². The van der Waals surface area contributed by atoms with E-state index in [2.05, 4.69) is 11.4 Å².